The summed E-state index contributed by atoms with van der Waals surface area (Å²) in [5.41, 5.74) is 7.15. The minimum absolute atomic E-state index is 0.508. The van der Waals surface area contributed by atoms with Crippen LogP contribution in [0, 0.1) is 20.8 Å². The number of amides is 2. The number of rotatable bonds is 4. The molecule has 2 N–H and O–H groups in total. The lowest BCUT2D eigenvalue weighted by Crippen LogP contribution is -2.32. The standard InChI is InChI=1S/C22H20Cl2N4O2/c1-13-9-18(24)7-8-20(13)26-21(29)22(30)27-25-12-16-10-14(2)28(15(16)3)19-6-4-5-17(23)11-19/h4-12H,1-3H3,(H,26,29)(H,27,30)/b25-12-. The van der Waals surface area contributed by atoms with E-state index in [1.165, 1.54) is 6.21 Å². The van der Waals surface area contributed by atoms with Crippen LogP contribution in [-0.2, 0) is 9.59 Å². The van der Waals surface area contributed by atoms with Gasteiger partial charge < -0.3 is 9.88 Å². The molecule has 0 aliphatic heterocycles. The van der Waals surface area contributed by atoms with Crippen LogP contribution in [-0.4, -0.2) is 22.6 Å². The van der Waals surface area contributed by atoms with Crippen LogP contribution in [0.5, 0.6) is 0 Å². The van der Waals surface area contributed by atoms with Crippen LogP contribution in [0.2, 0.25) is 10.0 Å². The molecule has 0 fully saturated rings. The van der Waals surface area contributed by atoms with E-state index in [0.29, 0.717) is 15.7 Å². The van der Waals surface area contributed by atoms with Crippen LogP contribution in [0.3, 0.4) is 0 Å². The highest BCUT2D eigenvalue weighted by atomic mass is 35.5. The summed E-state index contributed by atoms with van der Waals surface area (Å²) in [4.78, 5) is 24.1. The third kappa shape index (κ3) is 4.90. The number of hydrogen-bond donors (Lipinski definition) is 2. The third-order valence-corrected chi connectivity index (χ3v) is 5.02. The number of anilines is 1. The van der Waals surface area contributed by atoms with E-state index in [-0.39, 0.29) is 0 Å². The molecule has 154 valence electrons. The SMILES string of the molecule is Cc1cc(Cl)ccc1NC(=O)C(=O)N/N=C\c1cc(C)n(-c2cccc(Cl)c2)c1C. The molecule has 0 saturated heterocycles. The Bertz CT molecular complexity index is 1150. The van der Waals surface area contributed by atoms with E-state index in [1.54, 1.807) is 25.1 Å². The molecule has 0 bridgehead atoms. The molecule has 0 unspecified atom stereocenters. The van der Waals surface area contributed by atoms with Gasteiger partial charge in [-0.25, -0.2) is 5.43 Å². The molecular weight excluding hydrogens is 423 g/mol. The summed E-state index contributed by atoms with van der Waals surface area (Å²) in [5.74, 6) is -1.69. The Labute approximate surface area is 184 Å². The van der Waals surface area contributed by atoms with Gasteiger partial charge in [0.15, 0.2) is 0 Å². The van der Waals surface area contributed by atoms with Crippen molar-refractivity contribution in [1.29, 1.82) is 0 Å². The van der Waals surface area contributed by atoms with Crippen molar-refractivity contribution in [3.05, 3.63) is 81.1 Å². The zero-order valence-corrected chi connectivity index (χ0v) is 18.2. The average molecular weight is 443 g/mol. The summed E-state index contributed by atoms with van der Waals surface area (Å²) < 4.78 is 2.03. The number of carbonyl (C=O) groups excluding carboxylic acids is 2. The fraction of sp³-hybridized carbons (Fsp3) is 0.136. The maximum absolute atomic E-state index is 12.1. The fourth-order valence-electron chi connectivity index (χ4n) is 3.09. The summed E-state index contributed by atoms with van der Waals surface area (Å²) in [5, 5.41) is 7.65. The van der Waals surface area contributed by atoms with Crippen molar-refractivity contribution >= 4 is 46.9 Å². The normalized spacial score (nSPS) is 11.0. The number of aromatic nitrogens is 1. The molecule has 6 nitrogen and oxygen atoms in total. The van der Waals surface area contributed by atoms with Gasteiger partial charge in [0, 0.05) is 38.4 Å². The quantitative estimate of drug-likeness (QED) is 0.345. The van der Waals surface area contributed by atoms with Gasteiger partial charge in [-0.2, -0.15) is 5.10 Å². The number of nitrogens with one attached hydrogen (secondary N) is 2. The molecule has 8 heteroatoms. The fourth-order valence-corrected chi connectivity index (χ4v) is 3.50. The molecule has 0 radical (unpaired) electrons. The van der Waals surface area contributed by atoms with Gasteiger partial charge in [-0.3, -0.25) is 9.59 Å². The molecule has 0 aliphatic rings. The molecule has 30 heavy (non-hydrogen) atoms. The summed E-state index contributed by atoms with van der Waals surface area (Å²) in [6.07, 6.45) is 1.50. The molecule has 2 amide bonds. The van der Waals surface area contributed by atoms with Crippen molar-refractivity contribution in [2.24, 2.45) is 5.10 Å². The number of aryl methyl sites for hydroxylation is 2. The summed E-state index contributed by atoms with van der Waals surface area (Å²) in [6.45, 7) is 5.69. The highest BCUT2D eigenvalue weighted by Gasteiger charge is 2.14. The van der Waals surface area contributed by atoms with E-state index in [1.807, 2.05) is 48.7 Å². The third-order valence-electron chi connectivity index (χ3n) is 4.55. The Morgan fingerprint density at radius 3 is 2.40 bits per heavy atom. The Kier molecular flexibility index (Phi) is 6.59. The first-order chi connectivity index (χ1) is 14.3. The number of carbonyl (C=O) groups is 2. The molecule has 3 aromatic rings. The Hall–Kier alpha value is -3.09. The van der Waals surface area contributed by atoms with Gasteiger partial charge in [-0.15, -0.1) is 0 Å². The predicted octanol–water partition coefficient (Wildman–Crippen LogP) is 4.80. The second-order valence-corrected chi connectivity index (χ2v) is 7.63. The zero-order chi connectivity index (χ0) is 21.8. The van der Waals surface area contributed by atoms with E-state index in [4.69, 9.17) is 23.2 Å². The van der Waals surface area contributed by atoms with Crippen LogP contribution >= 0.6 is 23.2 Å². The smallest absolute Gasteiger partial charge is 0.318 e. The first kappa shape index (κ1) is 21.6. The van der Waals surface area contributed by atoms with Crippen LogP contribution in [0.4, 0.5) is 5.69 Å². The highest BCUT2D eigenvalue weighted by Crippen LogP contribution is 2.22. The molecular formula is C22H20Cl2N4O2. The van der Waals surface area contributed by atoms with Gasteiger partial charge in [0.2, 0.25) is 0 Å². The minimum atomic E-state index is -0.871. The summed E-state index contributed by atoms with van der Waals surface area (Å²) >= 11 is 12.0. The summed E-state index contributed by atoms with van der Waals surface area (Å²) in [7, 11) is 0. The number of nitrogens with zero attached hydrogens (tertiary/aromatic N) is 2. The van der Waals surface area contributed by atoms with Crippen LogP contribution in [0.1, 0.15) is 22.5 Å². The van der Waals surface area contributed by atoms with Crippen molar-refractivity contribution in [1.82, 2.24) is 9.99 Å². The molecule has 2 aromatic carbocycles. The monoisotopic (exact) mass is 442 g/mol. The van der Waals surface area contributed by atoms with Crippen LogP contribution < -0.4 is 10.7 Å². The lowest BCUT2D eigenvalue weighted by atomic mass is 10.2. The van der Waals surface area contributed by atoms with Crippen molar-refractivity contribution in [2.75, 3.05) is 5.32 Å². The van der Waals surface area contributed by atoms with Gasteiger partial charge in [0.25, 0.3) is 0 Å². The van der Waals surface area contributed by atoms with Gasteiger partial charge in [0.05, 0.1) is 6.21 Å². The Balaban J connectivity index is 1.68. The molecule has 1 aromatic heterocycles. The van der Waals surface area contributed by atoms with Crippen molar-refractivity contribution in [2.45, 2.75) is 20.8 Å². The van der Waals surface area contributed by atoms with Crippen molar-refractivity contribution in [3.63, 3.8) is 0 Å². The number of hydrazone groups is 1. The highest BCUT2D eigenvalue weighted by molar-refractivity contribution is 6.39. The molecule has 0 atom stereocenters. The Morgan fingerprint density at radius 2 is 1.70 bits per heavy atom. The maximum atomic E-state index is 12.1. The van der Waals surface area contributed by atoms with Crippen molar-refractivity contribution in [3.8, 4) is 5.69 Å². The second kappa shape index (κ2) is 9.15. The maximum Gasteiger partial charge on any atom is 0.329 e. The first-order valence-electron chi connectivity index (χ1n) is 9.11. The molecule has 0 spiro atoms. The van der Waals surface area contributed by atoms with E-state index in [2.05, 4.69) is 15.8 Å². The largest absolute Gasteiger partial charge is 0.329 e. The average Bonchev–Trinajstić information content (AvgIpc) is 2.97. The predicted molar refractivity (Wildman–Crippen MR) is 121 cm³/mol. The van der Waals surface area contributed by atoms with E-state index >= 15 is 0 Å². The molecule has 0 aliphatic carbocycles. The molecule has 3 rings (SSSR count). The van der Waals surface area contributed by atoms with Gasteiger partial charge in [0.1, 0.15) is 0 Å². The number of hydrogen-bond acceptors (Lipinski definition) is 3. The lowest BCUT2D eigenvalue weighted by Gasteiger charge is -2.09. The first-order valence-corrected chi connectivity index (χ1v) is 9.87. The van der Waals surface area contributed by atoms with Gasteiger partial charge in [-0.1, -0.05) is 29.3 Å². The molecule has 0 saturated carbocycles. The van der Waals surface area contributed by atoms with E-state index in [0.717, 1.165) is 28.2 Å². The number of benzene rings is 2. The second-order valence-electron chi connectivity index (χ2n) is 6.75. The van der Waals surface area contributed by atoms with E-state index in [9.17, 15) is 9.59 Å². The Morgan fingerprint density at radius 1 is 0.967 bits per heavy atom. The van der Waals surface area contributed by atoms with Gasteiger partial charge >= 0.3 is 11.8 Å². The summed E-state index contributed by atoms with van der Waals surface area (Å²) in [6, 6.07) is 14.4. The van der Waals surface area contributed by atoms with Crippen LogP contribution in [0.25, 0.3) is 5.69 Å². The number of halogens is 2. The van der Waals surface area contributed by atoms with Crippen LogP contribution in [0.15, 0.2) is 53.6 Å². The van der Waals surface area contributed by atoms with E-state index < -0.39 is 11.8 Å². The minimum Gasteiger partial charge on any atom is -0.318 e. The van der Waals surface area contributed by atoms with Crippen molar-refractivity contribution < 1.29 is 9.59 Å². The zero-order valence-electron chi connectivity index (χ0n) is 16.7. The topological polar surface area (TPSA) is 75.5 Å². The van der Waals surface area contributed by atoms with Gasteiger partial charge in [-0.05, 0) is 68.8 Å². The lowest BCUT2D eigenvalue weighted by molar-refractivity contribution is -0.136. The molecule has 1 heterocycles.